The minimum absolute atomic E-state index is 0.868. The Labute approximate surface area is 123 Å². The molecule has 0 N–H and O–H groups in total. The molecule has 2 aromatic rings. The van der Waals surface area contributed by atoms with Crippen molar-refractivity contribution in [2.45, 2.75) is 18.7 Å². The average molecular weight is 298 g/mol. The van der Waals surface area contributed by atoms with E-state index < -0.39 is 5.70 Å². The fourth-order valence-corrected chi connectivity index (χ4v) is 4.84. The van der Waals surface area contributed by atoms with Crippen LogP contribution in [-0.4, -0.2) is 12.8 Å². The van der Waals surface area contributed by atoms with Crippen molar-refractivity contribution in [3.63, 3.8) is 0 Å². The van der Waals surface area contributed by atoms with Crippen LogP contribution in [0.3, 0.4) is 0 Å². The molecule has 0 aliphatic rings. The molecule has 0 heterocycles. The van der Waals surface area contributed by atoms with E-state index >= 15 is 0 Å². The van der Waals surface area contributed by atoms with Gasteiger partial charge in [0.1, 0.15) is 5.75 Å². The SMILES string of the molecule is [1H][13C@@]([2H])(C)SSSc1ccc(OC)c2ccc(C)cc12. The number of hydrogen-bond acceptors (Lipinski definition) is 4. The predicted molar refractivity (Wildman–Crippen MR) is 86.8 cm³/mol. The maximum atomic E-state index is 7.53. The monoisotopic (exact) mass is 298 g/mol. The number of fused-ring (bicyclic) bond motifs is 1. The minimum atomic E-state index is -1.23. The number of aryl methyl sites for hydroxylation is 1. The van der Waals surface area contributed by atoms with Crippen molar-refractivity contribution < 1.29 is 7.48 Å². The Bertz CT molecular complexity index is 611. The predicted octanol–water partition coefficient (Wildman–Crippen LogP) is 5.57. The van der Waals surface area contributed by atoms with E-state index in [4.69, 9.17) is 7.48 Å². The van der Waals surface area contributed by atoms with E-state index in [2.05, 4.69) is 25.1 Å². The normalized spacial score (nSPS) is 15.9. The largest absolute Gasteiger partial charge is 0.496 e. The average Bonchev–Trinajstić information content (AvgIpc) is 2.37. The molecule has 0 fully saturated rings. The smallest absolute Gasteiger partial charge is 0.126 e. The first-order valence-electron chi connectivity index (χ1n) is 6.50. The van der Waals surface area contributed by atoms with Crippen LogP contribution in [0.15, 0.2) is 35.2 Å². The summed E-state index contributed by atoms with van der Waals surface area (Å²) in [6.07, 6.45) is 0. The van der Waals surface area contributed by atoms with E-state index in [0.717, 1.165) is 21.4 Å². The molecule has 0 aliphatic heterocycles. The van der Waals surface area contributed by atoms with Crippen LogP contribution in [0.5, 0.6) is 5.75 Å². The van der Waals surface area contributed by atoms with E-state index in [9.17, 15) is 0 Å². The summed E-state index contributed by atoms with van der Waals surface area (Å²) in [5, 5.41) is 2.24. The van der Waals surface area contributed by atoms with Gasteiger partial charge in [-0.25, -0.2) is 0 Å². The number of ether oxygens (including phenoxy) is 1. The van der Waals surface area contributed by atoms with Gasteiger partial charge in [0.15, 0.2) is 0 Å². The Hall–Kier alpha value is -0.450. The number of benzene rings is 2. The van der Waals surface area contributed by atoms with Crippen LogP contribution in [0.4, 0.5) is 0 Å². The van der Waals surface area contributed by atoms with Gasteiger partial charge < -0.3 is 4.74 Å². The maximum absolute atomic E-state index is 7.53. The fourth-order valence-electron chi connectivity index (χ4n) is 1.75. The summed E-state index contributed by atoms with van der Waals surface area (Å²) in [7, 11) is 5.96. The van der Waals surface area contributed by atoms with Crippen molar-refractivity contribution in [1.29, 1.82) is 0 Å². The summed E-state index contributed by atoms with van der Waals surface area (Å²) in [6, 6.07) is 10.3. The first-order valence-corrected chi connectivity index (χ1v) is 8.99. The molecule has 1 nitrogen and oxygen atoms in total. The van der Waals surface area contributed by atoms with Gasteiger partial charge in [0.25, 0.3) is 0 Å². The Morgan fingerprint density at radius 3 is 2.89 bits per heavy atom. The molecule has 0 bridgehead atoms. The zero-order valence-electron chi connectivity index (χ0n) is 12.5. The van der Waals surface area contributed by atoms with Gasteiger partial charge in [-0.05, 0) is 39.7 Å². The molecule has 0 aromatic heterocycles. The van der Waals surface area contributed by atoms with E-state index in [-0.39, 0.29) is 0 Å². The summed E-state index contributed by atoms with van der Waals surface area (Å²) in [5.41, 5.74) is -0.0216. The van der Waals surface area contributed by atoms with Gasteiger partial charge in [-0.15, -0.1) is 0 Å². The summed E-state index contributed by atoms with van der Waals surface area (Å²) < 4.78 is 20.5. The van der Waals surface area contributed by atoms with Gasteiger partial charge in [-0.2, -0.15) is 0 Å². The van der Waals surface area contributed by atoms with Crippen LogP contribution in [0.2, 0.25) is 0 Å². The van der Waals surface area contributed by atoms with E-state index in [0.29, 0.717) is 0 Å². The fraction of sp³-hybridized carbons (Fsp3) is 0.286. The Balaban J connectivity index is 2.31. The van der Waals surface area contributed by atoms with Crippen LogP contribution < -0.4 is 4.74 Å². The molecule has 0 saturated carbocycles. The first kappa shape index (κ1) is 11.4. The van der Waals surface area contributed by atoms with Gasteiger partial charge in [0, 0.05) is 24.1 Å². The Morgan fingerprint density at radius 2 is 2.17 bits per heavy atom. The molecule has 0 aliphatic carbocycles. The third kappa shape index (κ3) is 3.11. The summed E-state index contributed by atoms with van der Waals surface area (Å²) >= 11 is 0. The van der Waals surface area contributed by atoms with Gasteiger partial charge in [-0.1, -0.05) is 41.5 Å². The highest BCUT2D eigenvalue weighted by atomic mass is 33.5. The van der Waals surface area contributed by atoms with Gasteiger partial charge in [-0.3, -0.25) is 0 Å². The summed E-state index contributed by atoms with van der Waals surface area (Å²) in [5.74, 6) is 0.868. The van der Waals surface area contributed by atoms with Crippen molar-refractivity contribution in [3.05, 3.63) is 35.9 Å². The number of rotatable bonds is 5. The molecular weight excluding hydrogens is 281 g/mol. The molecule has 0 spiro atoms. The van der Waals surface area contributed by atoms with E-state index in [1.54, 1.807) is 24.8 Å². The van der Waals surface area contributed by atoms with Crippen molar-refractivity contribution in [2.75, 3.05) is 12.8 Å². The number of hydrogen-bond donors (Lipinski definition) is 0. The Kier molecular flexibility index (Phi) is 4.20. The second-order valence-electron chi connectivity index (χ2n) is 3.75. The van der Waals surface area contributed by atoms with Gasteiger partial charge in [0.05, 0.1) is 7.11 Å². The molecular formula is C14H16OS3. The summed E-state index contributed by atoms with van der Waals surface area (Å²) in [4.78, 5) is 1.13. The highest BCUT2D eigenvalue weighted by Crippen LogP contribution is 2.44. The molecule has 2 rings (SSSR count). The third-order valence-corrected chi connectivity index (χ3v) is 6.06. The van der Waals surface area contributed by atoms with Crippen LogP contribution in [0, 0.1) is 6.92 Å². The molecule has 1 atom stereocenters. The van der Waals surface area contributed by atoms with Crippen LogP contribution in [0.1, 0.15) is 15.2 Å². The highest BCUT2D eigenvalue weighted by molar-refractivity contribution is 9.09. The lowest BCUT2D eigenvalue weighted by Crippen LogP contribution is -1.86. The van der Waals surface area contributed by atoms with E-state index in [1.165, 1.54) is 26.2 Å². The Morgan fingerprint density at radius 1 is 1.33 bits per heavy atom. The van der Waals surface area contributed by atoms with E-state index in [1.807, 2.05) is 12.1 Å². The van der Waals surface area contributed by atoms with Crippen LogP contribution >= 0.6 is 31.4 Å². The molecule has 0 amide bonds. The maximum Gasteiger partial charge on any atom is 0.126 e. The molecule has 96 valence electrons. The molecule has 0 unspecified atom stereocenters. The second kappa shape index (κ2) is 6.64. The lowest BCUT2D eigenvalue weighted by Gasteiger charge is -2.10. The molecule has 4 heteroatoms. The highest BCUT2D eigenvalue weighted by Gasteiger charge is 2.07. The first-order chi connectivity index (χ1) is 9.40. The standard InChI is InChI=1S/C14H16OS3/c1-4-16-18-17-14-8-7-13(15-3)11-6-5-10(2)9-12(11)14/h5-9H,4H2,1-3H3/i4+1DH/t4-/m1/s1. The van der Waals surface area contributed by atoms with Crippen molar-refractivity contribution in [1.82, 2.24) is 0 Å². The van der Waals surface area contributed by atoms with Gasteiger partial charge >= 0.3 is 0 Å². The quantitative estimate of drug-likeness (QED) is 0.527. The topological polar surface area (TPSA) is 9.23 Å². The molecule has 0 radical (unpaired) electrons. The molecule has 0 saturated heterocycles. The third-order valence-electron chi connectivity index (χ3n) is 2.55. The van der Waals surface area contributed by atoms with Crippen molar-refractivity contribution in [3.8, 4) is 5.75 Å². The second-order valence-corrected chi connectivity index (χ2v) is 7.70. The zero-order valence-corrected chi connectivity index (χ0v) is 13.0. The van der Waals surface area contributed by atoms with Gasteiger partial charge in [0.2, 0.25) is 0 Å². The van der Waals surface area contributed by atoms with Crippen molar-refractivity contribution in [2.24, 2.45) is 0 Å². The summed E-state index contributed by atoms with van der Waals surface area (Å²) in [6.45, 7) is 3.64. The lowest BCUT2D eigenvalue weighted by atomic mass is 10.1. The lowest BCUT2D eigenvalue weighted by molar-refractivity contribution is 0.419. The zero-order chi connectivity index (χ0) is 14.8. The molecule has 18 heavy (non-hydrogen) atoms. The van der Waals surface area contributed by atoms with Crippen LogP contribution in [-0.2, 0) is 0 Å². The number of methoxy groups -OCH3 is 1. The minimum Gasteiger partial charge on any atom is -0.496 e. The van der Waals surface area contributed by atoms with Crippen molar-refractivity contribution >= 4 is 42.2 Å². The van der Waals surface area contributed by atoms with Crippen LogP contribution in [0.25, 0.3) is 10.8 Å². The molecule has 2 aromatic carbocycles.